The minimum absolute atomic E-state index is 0.0483. The van der Waals surface area contributed by atoms with Gasteiger partial charge in [0.1, 0.15) is 10.8 Å². The second-order valence-electron chi connectivity index (χ2n) is 6.03. The average molecular weight is 298 g/mol. The number of nitriles is 1. The predicted octanol–water partition coefficient (Wildman–Crippen LogP) is 3.76. The molecular formula is C14H22N2OS2. The van der Waals surface area contributed by atoms with E-state index in [1.807, 2.05) is 32.2 Å². The van der Waals surface area contributed by atoms with E-state index in [1.165, 1.54) is 0 Å². The third-order valence-electron chi connectivity index (χ3n) is 2.60. The Balaban J connectivity index is 2.86. The van der Waals surface area contributed by atoms with Gasteiger partial charge in [-0.3, -0.25) is 0 Å². The molecule has 1 heterocycles. The highest BCUT2D eigenvalue weighted by molar-refractivity contribution is 7.90. The minimum Gasteiger partial charge on any atom is -0.598 e. The Kier molecular flexibility index (Phi) is 5.87. The van der Waals surface area contributed by atoms with E-state index in [0.717, 1.165) is 11.3 Å². The molecule has 3 nitrogen and oxygen atoms in total. The molecule has 0 aliphatic carbocycles. The summed E-state index contributed by atoms with van der Waals surface area (Å²) in [6, 6.07) is 4.09. The van der Waals surface area contributed by atoms with Gasteiger partial charge in [-0.15, -0.1) is 16.1 Å². The molecule has 2 atom stereocenters. The molecule has 1 rings (SSSR count). The first kappa shape index (κ1) is 16.5. The van der Waals surface area contributed by atoms with Gasteiger partial charge >= 0.3 is 0 Å². The van der Waals surface area contributed by atoms with Crippen LogP contribution in [0.3, 0.4) is 0 Å². The highest BCUT2D eigenvalue weighted by atomic mass is 32.2. The quantitative estimate of drug-likeness (QED) is 0.842. The van der Waals surface area contributed by atoms with E-state index in [4.69, 9.17) is 5.26 Å². The van der Waals surface area contributed by atoms with E-state index < -0.39 is 11.4 Å². The number of rotatable bonds is 5. The molecule has 1 aromatic rings. The van der Waals surface area contributed by atoms with Crippen molar-refractivity contribution >= 4 is 22.7 Å². The third kappa shape index (κ3) is 5.15. The topological polar surface area (TPSA) is 58.9 Å². The zero-order valence-electron chi connectivity index (χ0n) is 12.2. The molecule has 0 aromatic carbocycles. The first-order valence-electron chi connectivity index (χ1n) is 6.40. The van der Waals surface area contributed by atoms with Gasteiger partial charge < -0.3 is 4.55 Å². The zero-order chi connectivity index (χ0) is 14.6. The summed E-state index contributed by atoms with van der Waals surface area (Å²) in [4.78, 5) is 1.09. The molecule has 0 spiro atoms. The van der Waals surface area contributed by atoms with Crippen molar-refractivity contribution in [1.29, 1.82) is 5.26 Å². The van der Waals surface area contributed by atoms with Gasteiger partial charge in [0.15, 0.2) is 0 Å². The van der Waals surface area contributed by atoms with E-state index >= 15 is 0 Å². The maximum absolute atomic E-state index is 12.2. The molecule has 0 aliphatic heterocycles. The molecule has 0 fully saturated rings. The van der Waals surface area contributed by atoms with Crippen LogP contribution in [0.1, 0.15) is 57.5 Å². The molecule has 0 radical (unpaired) electrons. The lowest BCUT2D eigenvalue weighted by molar-refractivity contribution is 0.466. The molecule has 0 bridgehead atoms. The van der Waals surface area contributed by atoms with Gasteiger partial charge in [0.2, 0.25) is 0 Å². The summed E-state index contributed by atoms with van der Waals surface area (Å²) in [5.41, 5.74) is 0.678. The molecule has 0 aliphatic rings. The first-order chi connectivity index (χ1) is 8.74. The van der Waals surface area contributed by atoms with Crippen molar-refractivity contribution in [1.82, 2.24) is 4.72 Å². The molecule has 1 N–H and O–H groups in total. The van der Waals surface area contributed by atoms with Gasteiger partial charge in [-0.25, -0.2) is 0 Å². The van der Waals surface area contributed by atoms with Crippen molar-refractivity contribution < 1.29 is 4.55 Å². The van der Waals surface area contributed by atoms with Crippen LogP contribution in [0.4, 0.5) is 0 Å². The Labute approximate surface area is 123 Å². The fourth-order valence-corrected chi connectivity index (χ4v) is 3.40. The SMILES string of the molecule is CC(C)CC(N[S+]([O-])C(C)(C)C)c1cc(C#N)cs1. The van der Waals surface area contributed by atoms with Crippen LogP contribution in [0.2, 0.25) is 0 Å². The van der Waals surface area contributed by atoms with Gasteiger partial charge in [0.05, 0.1) is 11.6 Å². The normalized spacial score (nSPS) is 15.3. The molecule has 0 amide bonds. The fourth-order valence-electron chi connectivity index (χ4n) is 1.59. The van der Waals surface area contributed by atoms with Gasteiger partial charge in [-0.05, 0) is 39.2 Å². The molecule has 2 unspecified atom stereocenters. The van der Waals surface area contributed by atoms with Crippen molar-refractivity contribution in [3.63, 3.8) is 0 Å². The molecule has 0 saturated carbocycles. The van der Waals surface area contributed by atoms with E-state index in [0.29, 0.717) is 11.5 Å². The summed E-state index contributed by atoms with van der Waals surface area (Å²) >= 11 is 0.454. The Morgan fingerprint density at radius 2 is 2.11 bits per heavy atom. The fraction of sp³-hybridized carbons (Fsp3) is 0.643. The van der Waals surface area contributed by atoms with Crippen LogP contribution in [0.25, 0.3) is 0 Å². The highest BCUT2D eigenvalue weighted by Crippen LogP contribution is 2.29. The van der Waals surface area contributed by atoms with Crippen molar-refractivity contribution in [3.8, 4) is 6.07 Å². The first-order valence-corrected chi connectivity index (χ1v) is 8.43. The summed E-state index contributed by atoms with van der Waals surface area (Å²) in [5, 5.41) is 10.8. The van der Waals surface area contributed by atoms with Crippen molar-refractivity contribution in [2.24, 2.45) is 5.92 Å². The number of nitrogens with zero attached hydrogens (tertiary/aromatic N) is 1. The van der Waals surface area contributed by atoms with Crippen molar-refractivity contribution in [2.45, 2.75) is 51.8 Å². The van der Waals surface area contributed by atoms with Crippen LogP contribution in [-0.4, -0.2) is 9.30 Å². The maximum atomic E-state index is 12.2. The molecule has 5 heteroatoms. The molecule has 19 heavy (non-hydrogen) atoms. The smallest absolute Gasteiger partial charge is 0.136 e. The van der Waals surface area contributed by atoms with Crippen LogP contribution < -0.4 is 4.72 Å². The van der Waals surface area contributed by atoms with Crippen LogP contribution in [0.5, 0.6) is 0 Å². The van der Waals surface area contributed by atoms with E-state index in [1.54, 1.807) is 11.3 Å². The minimum atomic E-state index is -1.10. The van der Waals surface area contributed by atoms with Crippen LogP contribution in [0.15, 0.2) is 11.4 Å². The van der Waals surface area contributed by atoms with E-state index in [-0.39, 0.29) is 10.8 Å². The standard InChI is InChI=1S/C14H22N2OS2/c1-10(2)6-12(16-19(17)14(3,4)5)13-7-11(8-15)9-18-13/h7,9-10,12,16H,6H2,1-5H3. The zero-order valence-corrected chi connectivity index (χ0v) is 13.8. The second-order valence-corrected chi connectivity index (χ2v) is 8.97. The number of thiophene rings is 1. The van der Waals surface area contributed by atoms with Gasteiger partial charge in [0.25, 0.3) is 0 Å². The summed E-state index contributed by atoms with van der Waals surface area (Å²) in [7, 11) is 0. The summed E-state index contributed by atoms with van der Waals surface area (Å²) in [5.74, 6) is 0.502. The van der Waals surface area contributed by atoms with Crippen LogP contribution in [-0.2, 0) is 11.4 Å². The van der Waals surface area contributed by atoms with Crippen molar-refractivity contribution in [3.05, 3.63) is 21.9 Å². The predicted molar refractivity (Wildman–Crippen MR) is 82.3 cm³/mol. The second kappa shape index (κ2) is 6.76. The monoisotopic (exact) mass is 298 g/mol. The largest absolute Gasteiger partial charge is 0.598 e. The molecule has 0 saturated heterocycles. The van der Waals surface area contributed by atoms with Gasteiger partial charge in [-0.2, -0.15) is 5.26 Å². The Morgan fingerprint density at radius 1 is 1.47 bits per heavy atom. The Morgan fingerprint density at radius 3 is 2.53 bits per heavy atom. The van der Waals surface area contributed by atoms with Gasteiger partial charge in [0, 0.05) is 21.6 Å². The lowest BCUT2D eigenvalue weighted by Crippen LogP contribution is -2.41. The summed E-state index contributed by atoms with van der Waals surface area (Å²) < 4.78 is 15.2. The third-order valence-corrected chi connectivity index (χ3v) is 5.26. The molecule has 106 valence electrons. The van der Waals surface area contributed by atoms with Crippen molar-refractivity contribution in [2.75, 3.05) is 0 Å². The summed E-state index contributed by atoms with van der Waals surface area (Å²) in [6.45, 7) is 10.2. The Hall–Kier alpha value is -0.540. The van der Waals surface area contributed by atoms with E-state index in [9.17, 15) is 4.55 Å². The number of nitrogens with one attached hydrogen (secondary N) is 1. The highest BCUT2D eigenvalue weighted by Gasteiger charge is 2.30. The maximum Gasteiger partial charge on any atom is 0.136 e. The summed E-state index contributed by atoms with van der Waals surface area (Å²) in [6.07, 6.45) is 0.910. The van der Waals surface area contributed by atoms with Crippen LogP contribution >= 0.6 is 11.3 Å². The number of hydrogen-bond donors (Lipinski definition) is 1. The number of hydrogen-bond acceptors (Lipinski definition) is 4. The molecule has 1 aromatic heterocycles. The Bertz CT molecular complexity index is 443. The average Bonchev–Trinajstić information content (AvgIpc) is 2.74. The molecular weight excluding hydrogens is 276 g/mol. The lowest BCUT2D eigenvalue weighted by atomic mass is 10.0. The van der Waals surface area contributed by atoms with Crippen LogP contribution in [0, 0.1) is 17.2 Å². The van der Waals surface area contributed by atoms with Gasteiger partial charge in [-0.1, -0.05) is 13.8 Å². The lowest BCUT2D eigenvalue weighted by Gasteiger charge is -2.28. The van der Waals surface area contributed by atoms with E-state index in [2.05, 4.69) is 24.6 Å².